The molecule has 1 unspecified atom stereocenters. The molecular formula is C13H18O3S. The SMILES string of the molecule is CCc1ccc(CS(=O)C(C)(C)C(=O)O)cc1. The highest BCUT2D eigenvalue weighted by Gasteiger charge is 2.34. The number of benzene rings is 1. The molecule has 0 amide bonds. The maximum absolute atomic E-state index is 12.0. The van der Waals surface area contributed by atoms with E-state index >= 15 is 0 Å². The van der Waals surface area contributed by atoms with Crippen LogP contribution >= 0.6 is 0 Å². The van der Waals surface area contributed by atoms with Gasteiger partial charge >= 0.3 is 5.97 Å². The van der Waals surface area contributed by atoms with Crippen molar-refractivity contribution in [3.63, 3.8) is 0 Å². The summed E-state index contributed by atoms with van der Waals surface area (Å²) in [5.74, 6) is -0.746. The van der Waals surface area contributed by atoms with E-state index in [1.807, 2.05) is 24.3 Å². The molecule has 0 spiro atoms. The molecular weight excluding hydrogens is 236 g/mol. The number of carboxylic acids is 1. The van der Waals surface area contributed by atoms with Crippen molar-refractivity contribution in [2.45, 2.75) is 37.7 Å². The Morgan fingerprint density at radius 3 is 2.12 bits per heavy atom. The molecule has 1 aromatic rings. The van der Waals surface area contributed by atoms with Crippen LogP contribution in [-0.2, 0) is 27.8 Å². The van der Waals surface area contributed by atoms with Crippen LogP contribution in [0, 0.1) is 0 Å². The van der Waals surface area contributed by atoms with Crippen molar-refractivity contribution < 1.29 is 14.1 Å². The predicted octanol–water partition coefficient (Wildman–Crippen LogP) is 2.36. The number of aliphatic carboxylic acids is 1. The van der Waals surface area contributed by atoms with Gasteiger partial charge in [-0.05, 0) is 31.4 Å². The van der Waals surface area contributed by atoms with E-state index in [0.717, 1.165) is 12.0 Å². The molecule has 0 aliphatic heterocycles. The monoisotopic (exact) mass is 254 g/mol. The lowest BCUT2D eigenvalue weighted by atomic mass is 10.1. The van der Waals surface area contributed by atoms with Crippen LogP contribution in [0.1, 0.15) is 31.9 Å². The Morgan fingerprint density at radius 2 is 1.71 bits per heavy atom. The lowest BCUT2D eigenvalue weighted by Gasteiger charge is -2.18. The smallest absolute Gasteiger partial charge is 0.321 e. The first-order valence-electron chi connectivity index (χ1n) is 5.57. The molecule has 1 N–H and O–H groups in total. The fourth-order valence-electron chi connectivity index (χ4n) is 1.30. The van der Waals surface area contributed by atoms with Crippen molar-refractivity contribution in [1.82, 2.24) is 0 Å². The van der Waals surface area contributed by atoms with Crippen LogP contribution in [0.2, 0.25) is 0 Å². The summed E-state index contributed by atoms with van der Waals surface area (Å²) < 4.78 is 10.8. The number of hydrogen-bond donors (Lipinski definition) is 1. The lowest BCUT2D eigenvalue weighted by Crippen LogP contribution is -2.37. The average molecular weight is 254 g/mol. The van der Waals surface area contributed by atoms with Gasteiger partial charge in [-0.2, -0.15) is 0 Å². The summed E-state index contributed by atoms with van der Waals surface area (Å²) in [6.45, 7) is 5.05. The number of hydrogen-bond acceptors (Lipinski definition) is 2. The van der Waals surface area contributed by atoms with Crippen molar-refractivity contribution in [2.24, 2.45) is 0 Å². The standard InChI is InChI=1S/C13H18O3S/c1-4-10-5-7-11(8-6-10)9-17(16)13(2,3)12(14)15/h5-8H,4,9H2,1-3H3,(H,14,15). The van der Waals surface area contributed by atoms with Crippen molar-refractivity contribution in [3.8, 4) is 0 Å². The Morgan fingerprint density at radius 1 is 1.24 bits per heavy atom. The Labute approximate surface area is 104 Å². The molecule has 0 aromatic heterocycles. The maximum Gasteiger partial charge on any atom is 0.321 e. The zero-order chi connectivity index (χ0) is 13.1. The van der Waals surface area contributed by atoms with Gasteiger partial charge in [0.05, 0.1) is 0 Å². The molecule has 94 valence electrons. The van der Waals surface area contributed by atoms with E-state index < -0.39 is 21.5 Å². The van der Waals surface area contributed by atoms with Gasteiger partial charge in [-0.15, -0.1) is 0 Å². The summed E-state index contributed by atoms with van der Waals surface area (Å²) in [6.07, 6.45) is 0.962. The molecule has 4 heteroatoms. The van der Waals surface area contributed by atoms with Crippen molar-refractivity contribution in [3.05, 3.63) is 35.4 Å². The summed E-state index contributed by atoms with van der Waals surface area (Å²) in [4.78, 5) is 11.0. The van der Waals surface area contributed by atoms with Crippen molar-refractivity contribution in [1.29, 1.82) is 0 Å². The second-order valence-electron chi connectivity index (χ2n) is 4.48. The molecule has 0 heterocycles. The van der Waals surface area contributed by atoms with Gasteiger partial charge in [-0.3, -0.25) is 9.00 Å². The van der Waals surface area contributed by atoms with Gasteiger partial charge < -0.3 is 5.11 Å². The van der Waals surface area contributed by atoms with Gasteiger partial charge in [0.25, 0.3) is 0 Å². The van der Waals surface area contributed by atoms with Crippen molar-refractivity contribution >= 4 is 16.8 Å². The van der Waals surface area contributed by atoms with E-state index in [9.17, 15) is 9.00 Å². The number of aryl methyl sites for hydroxylation is 1. The molecule has 0 aliphatic carbocycles. The number of rotatable bonds is 5. The van der Waals surface area contributed by atoms with E-state index in [1.165, 1.54) is 19.4 Å². The number of carbonyl (C=O) groups is 1. The van der Waals surface area contributed by atoms with E-state index in [-0.39, 0.29) is 5.75 Å². The Hall–Kier alpha value is -1.16. The van der Waals surface area contributed by atoms with Crippen LogP contribution in [0.4, 0.5) is 0 Å². The first-order chi connectivity index (χ1) is 7.87. The topological polar surface area (TPSA) is 54.4 Å². The number of carboxylic acid groups (broad SMARTS) is 1. The molecule has 0 bridgehead atoms. The molecule has 0 fully saturated rings. The molecule has 0 radical (unpaired) electrons. The van der Waals surface area contributed by atoms with Gasteiger partial charge in [0.15, 0.2) is 0 Å². The molecule has 3 nitrogen and oxygen atoms in total. The van der Waals surface area contributed by atoms with Crippen LogP contribution in [-0.4, -0.2) is 20.0 Å². The Bertz CT molecular complexity index is 421. The minimum Gasteiger partial charge on any atom is -0.480 e. The second-order valence-corrected chi connectivity index (χ2v) is 6.48. The second kappa shape index (κ2) is 5.45. The van der Waals surface area contributed by atoms with E-state index in [2.05, 4.69) is 6.92 Å². The third kappa shape index (κ3) is 3.40. The van der Waals surface area contributed by atoms with Crippen LogP contribution in [0.3, 0.4) is 0 Å². The zero-order valence-electron chi connectivity index (χ0n) is 10.4. The van der Waals surface area contributed by atoms with Gasteiger partial charge in [0.1, 0.15) is 4.75 Å². The Kier molecular flexibility index (Phi) is 4.46. The molecule has 1 aromatic carbocycles. The normalized spacial score (nSPS) is 13.4. The molecule has 0 saturated carbocycles. The van der Waals surface area contributed by atoms with Gasteiger partial charge in [-0.1, -0.05) is 31.2 Å². The predicted molar refractivity (Wildman–Crippen MR) is 69.4 cm³/mol. The van der Waals surface area contributed by atoms with E-state index in [1.54, 1.807) is 0 Å². The summed E-state index contributed by atoms with van der Waals surface area (Å²) in [7, 11) is -1.42. The highest BCUT2D eigenvalue weighted by atomic mass is 32.2. The highest BCUT2D eigenvalue weighted by Crippen LogP contribution is 2.18. The fourth-order valence-corrected chi connectivity index (χ4v) is 2.35. The summed E-state index contributed by atoms with van der Waals surface area (Å²) in [6, 6.07) is 7.80. The third-order valence-electron chi connectivity index (χ3n) is 2.81. The molecule has 1 rings (SSSR count). The largest absolute Gasteiger partial charge is 0.480 e. The van der Waals surface area contributed by atoms with Crippen LogP contribution in [0.5, 0.6) is 0 Å². The molecule has 0 saturated heterocycles. The minimum atomic E-state index is -1.42. The third-order valence-corrected chi connectivity index (χ3v) is 4.72. The van der Waals surface area contributed by atoms with Gasteiger partial charge in [0, 0.05) is 16.6 Å². The van der Waals surface area contributed by atoms with E-state index in [4.69, 9.17) is 5.11 Å². The quantitative estimate of drug-likeness (QED) is 0.877. The van der Waals surface area contributed by atoms with Gasteiger partial charge in [-0.25, -0.2) is 0 Å². The van der Waals surface area contributed by atoms with Crippen LogP contribution in [0.15, 0.2) is 24.3 Å². The lowest BCUT2D eigenvalue weighted by molar-refractivity contribution is -0.139. The minimum absolute atomic E-state index is 0.281. The molecule has 0 aliphatic rings. The zero-order valence-corrected chi connectivity index (χ0v) is 11.2. The van der Waals surface area contributed by atoms with Crippen molar-refractivity contribution in [2.75, 3.05) is 0 Å². The van der Waals surface area contributed by atoms with E-state index in [0.29, 0.717) is 0 Å². The summed E-state index contributed by atoms with van der Waals surface area (Å²) in [5.41, 5.74) is 2.13. The van der Waals surface area contributed by atoms with Crippen LogP contribution < -0.4 is 0 Å². The molecule has 17 heavy (non-hydrogen) atoms. The van der Waals surface area contributed by atoms with Crippen LogP contribution in [0.25, 0.3) is 0 Å². The maximum atomic E-state index is 12.0. The Balaban J connectivity index is 2.77. The van der Waals surface area contributed by atoms with Gasteiger partial charge in [0.2, 0.25) is 0 Å². The first kappa shape index (κ1) is 13.9. The first-order valence-corrected chi connectivity index (χ1v) is 6.89. The highest BCUT2D eigenvalue weighted by molar-refractivity contribution is 7.86. The summed E-state index contributed by atoms with van der Waals surface area (Å²) >= 11 is 0. The average Bonchev–Trinajstić information content (AvgIpc) is 2.29. The molecule has 1 atom stereocenters. The summed E-state index contributed by atoms with van der Waals surface area (Å²) in [5, 5.41) is 8.98. The fraction of sp³-hybridized carbons (Fsp3) is 0.462.